The van der Waals surface area contributed by atoms with E-state index in [4.69, 9.17) is 12.2 Å². The van der Waals surface area contributed by atoms with Crippen LogP contribution in [0.15, 0.2) is 18.2 Å². The molecule has 2 atom stereocenters. The van der Waals surface area contributed by atoms with Crippen LogP contribution in [0.2, 0.25) is 0 Å². The Morgan fingerprint density at radius 1 is 1.37 bits per heavy atom. The number of benzene rings is 1. The Balaban J connectivity index is 1.96. The van der Waals surface area contributed by atoms with Crippen LogP contribution in [0.5, 0.6) is 0 Å². The first-order chi connectivity index (χ1) is 9.15. The number of hydrogen-bond acceptors (Lipinski definition) is 1. The molecular weight excluding hydrogens is 367 g/mol. The largest absolute Gasteiger partial charge is 0.331 e. The van der Waals surface area contributed by atoms with E-state index in [2.05, 4.69) is 57.3 Å². The molecule has 2 aromatic rings. The SMILES string of the molecule is CC1CCCCC1Cn1c(=S)[nH]c2cc(I)ccc21. The minimum Gasteiger partial charge on any atom is -0.331 e. The molecule has 1 aromatic carbocycles. The summed E-state index contributed by atoms with van der Waals surface area (Å²) in [5.74, 6) is 1.60. The molecule has 1 N–H and O–H groups in total. The van der Waals surface area contributed by atoms with E-state index in [9.17, 15) is 0 Å². The zero-order valence-electron chi connectivity index (χ0n) is 11.2. The quantitative estimate of drug-likeness (QED) is 0.561. The van der Waals surface area contributed by atoms with E-state index in [1.807, 2.05) is 0 Å². The van der Waals surface area contributed by atoms with Gasteiger partial charge in [-0.2, -0.15) is 0 Å². The summed E-state index contributed by atoms with van der Waals surface area (Å²) in [6.45, 7) is 3.46. The van der Waals surface area contributed by atoms with Crippen LogP contribution in [0.1, 0.15) is 32.6 Å². The van der Waals surface area contributed by atoms with Gasteiger partial charge in [0.05, 0.1) is 11.0 Å². The average molecular weight is 386 g/mol. The summed E-state index contributed by atoms with van der Waals surface area (Å²) in [6.07, 6.45) is 5.50. The van der Waals surface area contributed by atoms with Crippen LogP contribution in [-0.2, 0) is 6.54 Å². The van der Waals surface area contributed by atoms with E-state index in [0.717, 1.165) is 23.2 Å². The minimum atomic E-state index is 0.777. The number of halogens is 1. The lowest BCUT2D eigenvalue weighted by Crippen LogP contribution is -2.22. The standard InChI is InChI=1S/C15H19IN2S/c1-10-4-2-3-5-11(10)9-18-14-7-6-12(16)8-13(14)17-15(18)19/h6-8,10-11H,2-5,9H2,1H3,(H,17,19). The fraction of sp³-hybridized carbons (Fsp3) is 0.533. The Morgan fingerprint density at radius 2 is 2.16 bits per heavy atom. The lowest BCUT2D eigenvalue weighted by Gasteiger charge is -2.29. The van der Waals surface area contributed by atoms with Gasteiger partial charge in [-0.25, -0.2) is 0 Å². The molecule has 102 valence electrons. The molecule has 0 spiro atoms. The van der Waals surface area contributed by atoms with E-state index < -0.39 is 0 Å². The number of hydrogen-bond donors (Lipinski definition) is 1. The van der Waals surface area contributed by atoms with Gasteiger partial charge in [-0.3, -0.25) is 0 Å². The van der Waals surface area contributed by atoms with Gasteiger partial charge in [0.25, 0.3) is 0 Å². The van der Waals surface area contributed by atoms with Crippen molar-refractivity contribution in [1.29, 1.82) is 0 Å². The maximum absolute atomic E-state index is 5.51. The molecule has 3 rings (SSSR count). The maximum Gasteiger partial charge on any atom is 0.178 e. The summed E-state index contributed by atoms with van der Waals surface area (Å²) in [6, 6.07) is 6.52. The molecule has 0 bridgehead atoms. The fourth-order valence-corrected chi connectivity index (χ4v) is 3.99. The first-order valence-electron chi connectivity index (χ1n) is 7.03. The Hall–Kier alpha value is -0.360. The van der Waals surface area contributed by atoms with Crippen LogP contribution in [0.25, 0.3) is 11.0 Å². The highest BCUT2D eigenvalue weighted by Gasteiger charge is 2.22. The highest BCUT2D eigenvalue weighted by molar-refractivity contribution is 14.1. The van der Waals surface area contributed by atoms with E-state index in [0.29, 0.717) is 0 Å². The molecule has 1 fully saturated rings. The number of imidazole rings is 1. The van der Waals surface area contributed by atoms with Crippen molar-refractivity contribution in [2.24, 2.45) is 11.8 Å². The summed E-state index contributed by atoms with van der Waals surface area (Å²) < 4.78 is 4.42. The van der Waals surface area contributed by atoms with Gasteiger partial charge >= 0.3 is 0 Å². The fourth-order valence-electron chi connectivity index (χ4n) is 3.22. The summed E-state index contributed by atoms with van der Waals surface area (Å²) in [4.78, 5) is 3.35. The van der Waals surface area contributed by atoms with Gasteiger partial charge in [0.15, 0.2) is 4.77 Å². The summed E-state index contributed by atoms with van der Waals surface area (Å²) >= 11 is 7.85. The number of nitrogens with one attached hydrogen (secondary N) is 1. The predicted molar refractivity (Wildman–Crippen MR) is 91.0 cm³/mol. The van der Waals surface area contributed by atoms with Gasteiger partial charge in [-0.05, 0) is 71.3 Å². The summed E-state index contributed by atoms with van der Waals surface area (Å²) in [7, 11) is 0. The van der Waals surface area contributed by atoms with Crippen LogP contribution >= 0.6 is 34.8 Å². The zero-order valence-corrected chi connectivity index (χ0v) is 14.1. The molecule has 1 heterocycles. The molecule has 1 saturated carbocycles. The van der Waals surface area contributed by atoms with Crippen molar-refractivity contribution in [1.82, 2.24) is 9.55 Å². The van der Waals surface area contributed by atoms with Crippen LogP contribution in [0, 0.1) is 20.2 Å². The monoisotopic (exact) mass is 386 g/mol. The number of aromatic amines is 1. The van der Waals surface area contributed by atoms with Crippen molar-refractivity contribution in [2.45, 2.75) is 39.2 Å². The van der Waals surface area contributed by atoms with Crippen LogP contribution in [-0.4, -0.2) is 9.55 Å². The van der Waals surface area contributed by atoms with Gasteiger partial charge in [0, 0.05) is 10.1 Å². The first kappa shape index (κ1) is 13.6. The molecule has 19 heavy (non-hydrogen) atoms. The summed E-state index contributed by atoms with van der Waals surface area (Å²) in [5.41, 5.74) is 2.42. The molecule has 2 nitrogen and oxygen atoms in total. The highest BCUT2D eigenvalue weighted by Crippen LogP contribution is 2.31. The lowest BCUT2D eigenvalue weighted by atomic mass is 9.80. The van der Waals surface area contributed by atoms with Crippen molar-refractivity contribution in [3.05, 3.63) is 26.5 Å². The predicted octanol–water partition coefficient (Wildman–Crippen LogP) is 5.13. The van der Waals surface area contributed by atoms with Gasteiger partial charge in [-0.1, -0.05) is 26.2 Å². The zero-order chi connectivity index (χ0) is 13.4. The van der Waals surface area contributed by atoms with Crippen molar-refractivity contribution in [3.8, 4) is 0 Å². The number of fused-ring (bicyclic) bond motifs is 1. The lowest BCUT2D eigenvalue weighted by molar-refractivity contribution is 0.230. The molecule has 0 saturated heterocycles. The molecular formula is C15H19IN2S. The second-order valence-corrected chi connectivity index (χ2v) is 7.36. The molecule has 0 radical (unpaired) electrons. The van der Waals surface area contributed by atoms with Gasteiger partial charge < -0.3 is 9.55 Å². The number of nitrogens with zero attached hydrogens (tertiary/aromatic N) is 1. The number of aromatic nitrogens is 2. The second-order valence-electron chi connectivity index (χ2n) is 5.72. The highest BCUT2D eigenvalue weighted by atomic mass is 127. The maximum atomic E-state index is 5.51. The second kappa shape index (κ2) is 5.56. The normalized spacial score (nSPS) is 23.9. The molecule has 0 aliphatic heterocycles. The summed E-state index contributed by atoms with van der Waals surface area (Å²) in [5, 5.41) is 0. The smallest absolute Gasteiger partial charge is 0.178 e. The Bertz CT molecular complexity index is 643. The number of H-pyrrole nitrogens is 1. The first-order valence-corrected chi connectivity index (χ1v) is 8.52. The number of rotatable bonds is 2. The van der Waals surface area contributed by atoms with Crippen LogP contribution in [0.3, 0.4) is 0 Å². The van der Waals surface area contributed by atoms with Crippen LogP contribution in [0.4, 0.5) is 0 Å². The van der Waals surface area contributed by atoms with Gasteiger partial charge in [-0.15, -0.1) is 0 Å². The third-order valence-electron chi connectivity index (χ3n) is 4.44. The third-order valence-corrected chi connectivity index (χ3v) is 5.44. The van der Waals surface area contributed by atoms with E-state index in [1.54, 1.807) is 0 Å². The topological polar surface area (TPSA) is 20.7 Å². The van der Waals surface area contributed by atoms with E-state index in [1.165, 1.54) is 40.3 Å². The molecule has 0 amide bonds. The Labute approximate surface area is 132 Å². The molecule has 2 unspecified atom stereocenters. The molecule has 4 heteroatoms. The van der Waals surface area contributed by atoms with Crippen LogP contribution < -0.4 is 0 Å². The Morgan fingerprint density at radius 3 is 2.95 bits per heavy atom. The van der Waals surface area contributed by atoms with E-state index in [-0.39, 0.29) is 0 Å². The Kier molecular flexibility index (Phi) is 3.98. The van der Waals surface area contributed by atoms with Crippen molar-refractivity contribution < 1.29 is 0 Å². The van der Waals surface area contributed by atoms with Crippen molar-refractivity contribution in [3.63, 3.8) is 0 Å². The molecule has 1 aliphatic rings. The minimum absolute atomic E-state index is 0.777. The van der Waals surface area contributed by atoms with Gasteiger partial charge in [0.1, 0.15) is 0 Å². The van der Waals surface area contributed by atoms with E-state index >= 15 is 0 Å². The van der Waals surface area contributed by atoms with Gasteiger partial charge in [0.2, 0.25) is 0 Å². The molecule has 1 aliphatic carbocycles. The molecule has 1 aromatic heterocycles. The van der Waals surface area contributed by atoms with Crippen molar-refractivity contribution in [2.75, 3.05) is 0 Å². The van der Waals surface area contributed by atoms with Crippen molar-refractivity contribution >= 4 is 45.8 Å². The average Bonchev–Trinajstić information content (AvgIpc) is 2.68. The third kappa shape index (κ3) is 2.75.